The Balaban J connectivity index is 1.58. The fourth-order valence-corrected chi connectivity index (χ4v) is 3.32. The van der Waals surface area contributed by atoms with Crippen molar-refractivity contribution in [1.82, 2.24) is 14.8 Å². The molecule has 0 saturated heterocycles. The maximum absolute atomic E-state index is 12.9. The first-order valence-corrected chi connectivity index (χ1v) is 10.4. The highest BCUT2D eigenvalue weighted by Gasteiger charge is 2.21. The van der Waals surface area contributed by atoms with Crippen LogP contribution in [0.2, 0.25) is 0 Å². The van der Waals surface area contributed by atoms with Crippen LogP contribution in [0.5, 0.6) is 0 Å². The maximum atomic E-state index is 12.9. The zero-order valence-corrected chi connectivity index (χ0v) is 18.4. The van der Waals surface area contributed by atoms with Gasteiger partial charge in [-0.2, -0.15) is 5.10 Å². The Hall–Kier alpha value is -3.46. The number of anilines is 1. The molecule has 0 atom stereocenters. The number of aromatic nitrogens is 3. The number of pyridine rings is 1. The van der Waals surface area contributed by atoms with E-state index in [9.17, 15) is 9.59 Å². The number of amides is 1. The van der Waals surface area contributed by atoms with Crippen LogP contribution in [0.25, 0.3) is 22.5 Å². The van der Waals surface area contributed by atoms with Gasteiger partial charge in [0.2, 0.25) is 0 Å². The molecular formula is C22H19BrN4O4. The average molecular weight is 483 g/mol. The van der Waals surface area contributed by atoms with E-state index in [4.69, 9.17) is 9.15 Å². The summed E-state index contributed by atoms with van der Waals surface area (Å²) in [5.41, 5.74) is 1.88. The van der Waals surface area contributed by atoms with Crippen LogP contribution in [0.1, 0.15) is 30.2 Å². The summed E-state index contributed by atoms with van der Waals surface area (Å²) in [6.45, 7) is 3.52. The molecular weight excluding hydrogens is 464 g/mol. The number of halogens is 1. The number of fused-ring (bicyclic) bond motifs is 1. The number of hydrogen-bond acceptors (Lipinski definition) is 6. The fraction of sp³-hybridized carbons (Fsp3) is 0.182. The largest absolute Gasteiger partial charge is 0.463 e. The molecule has 1 N–H and O–H groups in total. The predicted octanol–water partition coefficient (Wildman–Crippen LogP) is 4.83. The topological polar surface area (TPSA) is 99.2 Å². The molecule has 0 aliphatic rings. The van der Waals surface area contributed by atoms with Crippen molar-refractivity contribution >= 4 is 44.5 Å². The molecule has 0 saturated carbocycles. The van der Waals surface area contributed by atoms with Crippen molar-refractivity contribution in [1.29, 1.82) is 0 Å². The summed E-state index contributed by atoms with van der Waals surface area (Å²) < 4.78 is 13.3. The second-order valence-corrected chi connectivity index (χ2v) is 8.00. The summed E-state index contributed by atoms with van der Waals surface area (Å²) in [7, 11) is 0. The molecule has 0 unspecified atom stereocenters. The molecule has 3 aromatic heterocycles. The van der Waals surface area contributed by atoms with Gasteiger partial charge in [0.25, 0.3) is 5.91 Å². The van der Waals surface area contributed by atoms with Crippen molar-refractivity contribution in [3.63, 3.8) is 0 Å². The number of carbonyl (C=O) groups excluding carboxylic acids is 2. The normalized spacial score (nSPS) is 11.1. The van der Waals surface area contributed by atoms with E-state index in [1.807, 2.05) is 13.8 Å². The minimum atomic E-state index is -0.644. The Bertz CT molecular complexity index is 1230. The van der Waals surface area contributed by atoms with E-state index in [2.05, 4.69) is 31.3 Å². The lowest BCUT2D eigenvalue weighted by Crippen LogP contribution is -2.21. The average Bonchev–Trinajstić information content (AvgIpc) is 3.43. The maximum Gasteiger partial charge on any atom is 0.339 e. The van der Waals surface area contributed by atoms with Gasteiger partial charge >= 0.3 is 5.97 Å². The number of hydrogen-bond donors (Lipinski definition) is 1. The Morgan fingerprint density at radius 2 is 2.00 bits per heavy atom. The van der Waals surface area contributed by atoms with Gasteiger partial charge in [-0.1, -0.05) is 15.9 Å². The molecule has 1 amide bonds. The van der Waals surface area contributed by atoms with Crippen LogP contribution in [0.4, 0.5) is 5.69 Å². The minimum Gasteiger partial charge on any atom is -0.463 e. The molecule has 0 spiro atoms. The molecule has 9 heteroatoms. The number of carbonyl (C=O) groups is 2. The van der Waals surface area contributed by atoms with Gasteiger partial charge in [-0.25, -0.2) is 14.5 Å². The summed E-state index contributed by atoms with van der Waals surface area (Å²) in [5.74, 6) is -0.569. The third-order valence-corrected chi connectivity index (χ3v) is 5.04. The van der Waals surface area contributed by atoms with Crippen LogP contribution in [0.15, 0.2) is 63.8 Å². The second-order valence-electron chi connectivity index (χ2n) is 7.08. The van der Waals surface area contributed by atoms with Crippen molar-refractivity contribution < 1.29 is 18.7 Å². The number of ether oxygens (including phenoxy) is 1. The number of furan rings is 1. The summed E-state index contributed by atoms with van der Waals surface area (Å²) in [6, 6.07) is 12.2. The zero-order valence-electron chi connectivity index (χ0n) is 16.8. The first kappa shape index (κ1) is 20.8. The number of nitrogens with one attached hydrogen (secondary N) is 1. The molecule has 0 fully saturated rings. The minimum absolute atomic E-state index is 0.0393. The van der Waals surface area contributed by atoms with Gasteiger partial charge in [0.15, 0.2) is 18.0 Å². The van der Waals surface area contributed by atoms with Gasteiger partial charge in [-0.3, -0.25) is 4.79 Å². The molecule has 0 aliphatic carbocycles. The summed E-state index contributed by atoms with van der Waals surface area (Å²) >= 11 is 3.34. The van der Waals surface area contributed by atoms with E-state index in [1.54, 1.807) is 53.3 Å². The SMILES string of the molecule is CC(C)n1ncc2c(C(=O)OCC(=O)Nc3ccc(Br)cc3)cc(-c3ccco3)nc21. The van der Waals surface area contributed by atoms with E-state index in [1.165, 1.54) is 6.26 Å². The fourth-order valence-electron chi connectivity index (χ4n) is 3.05. The van der Waals surface area contributed by atoms with Crippen LogP contribution < -0.4 is 5.32 Å². The number of nitrogens with zero attached hydrogens (tertiary/aromatic N) is 3. The lowest BCUT2D eigenvalue weighted by atomic mass is 10.1. The standard InChI is InChI=1S/C22H19BrN4O4/c1-13(2)27-21-17(11-24-27)16(10-18(26-21)19-4-3-9-30-19)22(29)31-12-20(28)25-15-7-5-14(23)6-8-15/h3-11,13H,12H2,1-2H3,(H,25,28). The van der Waals surface area contributed by atoms with Gasteiger partial charge in [-0.05, 0) is 56.3 Å². The van der Waals surface area contributed by atoms with Crippen molar-refractivity contribution in [2.75, 3.05) is 11.9 Å². The monoisotopic (exact) mass is 482 g/mol. The van der Waals surface area contributed by atoms with Gasteiger partial charge < -0.3 is 14.5 Å². The molecule has 0 bridgehead atoms. The van der Waals surface area contributed by atoms with Gasteiger partial charge in [0.05, 0.1) is 23.4 Å². The van der Waals surface area contributed by atoms with Crippen LogP contribution in [-0.2, 0) is 9.53 Å². The van der Waals surface area contributed by atoms with Gasteiger partial charge in [0.1, 0.15) is 5.69 Å². The second kappa shape index (κ2) is 8.73. The molecule has 0 aliphatic heterocycles. The molecule has 1 aromatic carbocycles. The van der Waals surface area contributed by atoms with Crippen LogP contribution in [0, 0.1) is 0 Å². The Morgan fingerprint density at radius 1 is 1.23 bits per heavy atom. The highest BCUT2D eigenvalue weighted by Crippen LogP contribution is 2.27. The Labute approximate surface area is 186 Å². The molecule has 4 rings (SSSR count). The first-order valence-electron chi connectivity index (χ1n) is 9.57. The molecule has 8 nitrogen and oxygen atoms in total. The van der Waals surface area contributed by atoms with E-state index in [0.717, 1.165) is 4.47 Å². The molecule has 4 aromatic rings. The zero-order chi connectivity index (χ0) is 22.0. The van der Waals surface area contributed by atoms with Crippen molar-refractivity contribution in [2.45, 2.75) is 19.9 Å². The number of rotatable bonds is 6. The lowest BCUT2D eigenvalue weighted by Gasteiger charge is -2.10. The van der Waals surface area contributed by atoms with E-state index >= 15 is 0 Å². The lowest BCUT2D eigenvalue weighted by molar-refractivity contribution is -0.119. The Morgan fingerprint density at radius 3 is 2.68 bits per heavy atom. The van der Waals surface area contributed by atoms with Crippen molar-refractivity contribution in [3.05, 3.63) is 65.0 Å². The van der Waals surface area contributed by atoms with E-state index in [0.29, 0.717) is 28.2 Å². The van der Waals surface area contributed by atoms with Crippen LogP contribution in [0.3, 0.4) is 0 Å². The number of benzene rings is 1. The predicted molar refractivity (Wildman–Crippen MR) is 119 cm³/mol. The smallest absolute Gasteiger partial charge is 0.339 e. The summed E-state index contributed by atoms with van der Waals surface area (Å²) in [4.78, 5) is 29.7. The quantitative estimate of drug-likeness (QED) is 0.395. The molecule has 158 valence electrons. The highest BCUT2D eigenvalue weighted by molar-refractivity contribution is 9.10. The van der Waals surface area contributed by atoms with Crippen molar-refractivity contribution in [2.24, 2.45) is 0 Å². The number of esters is 1. The third kappa shape index (κ3) is 4.51. The van der Waals surface area contributed by atoms with Gasteiger partial charge in [0, 0.05) is 16.2 Å². The molecule has 3 heterocycles. The van der Waals surface area contributed by atoms with Crippen LogP contribution in [-0.4, -0.2) is 33.2 Å². The van der Waals surface area contributed by atoms with Gasteiger partial charge in [-0.15, -0.1) is 0 Å². The van der Waals surface area contributed by atoms with E-state index in [-0.39, 0.29) is 11.6 Å². The van der Waals surface area contributed by atoms with Crippen LogP contribution >= 0.6 is 15.9 Å². The summed E-state index contributed by atoms with van der Waals surface area (Å²) in [6.07, 6.45) is 3.11. The molecule has 0 radical (unpaired) electrons. The highest BCUT2D eigenvalue weighted by atomic mass is 79.9. The molecule has 31 heavy (non-hydrogen) atoms. The Kier molecular flexibility index (Phi) is 5.85. The van der Waals surface area contributed by atoms with E-state index < -0.39 is 18.5 Å². The van der Waals surface area contributed by atoms with Crippen molar-refractivity contribution in [3.8, 4) is 11.5 Å². The summed E-state index contributed by atoms with van der Waals surface area (Å²) in [5, 5.41) is 7.58. The first-order chi connectivity index (χ1) is 14.9. The third-order valence-electron chi connectivity index (χ3n) is 4.51.